The molecule has 0 unspecified atom stereocenters. The number of hydrogen-bond donors (Lipinski definition) is 1. The van der Waals surface area contributed by atoms with Crippen LogP contribution in [0.3, 0.4) is 0 Å². The molecule has 0 radical (unpaired) electrons. The van der Waals surface area contributed by atoms with Crippen molar-refractivity contribution in [2.45, 2.75) is 25.1 Å². The van der Waals surface area contributed by atoms with E-state index in [-0.39, 0.29) is 18.4 Å². The van der Waals surface area contributed by atoms with E-state index < -0.39 is 11.7 Å². The third-order valence-electron chi connectivity index (χ3n) is 3.91. The van der Waals surface area contributed by atoms with Gasteiger partial charge in [-0.05, 0) is 17.7 Å². The quantitative estimate of drug-likeness (QED) is 0.924. The smallest absolute Gasteiger partial charge is 0.416 e. The second kappa shape index (κ2) is 6.55. The standard InChI is InChI=1S/C18H16F3NO2/c19-18(20,21)13-5-3-4-12(10-13)11-17(23)22-15-8-9-24-16-7-2-1-6-14(15)16/h1-7,10,15H,8-9,11H2,(H,22,23)/t15-/m1/s1. The van der Waals surface area contributed by atoms with Gasteiger partial charge in [0.15, 0.2) is 0 Å². The van der Waals surface area contributed by atoms with Gasteiger partial charge in [0, 0.05) is 12.0 Å². The van der Waals surface area contributed by atoms with Crippen molar-refractivity contribution in [3.05, 3.63) is 65.2 Å². The molecule has 1 aliphatic rings. The zero-order valence-corrected chi connectivity index (χ0v) is 12.8. The van der Waals surface area contributed by atoms with Gasteiger partial charge in [-0.3, -0.25) is 4.79 Å². The second-order valence-electron chi connectivity index (χ2n) is 5.67. The van der Waals surface area contributed by atoms with Crippen molar-refractivity contribution >= 4 is 5.91 Å². The van der Waals surface area contributed by atoms with Crippen LogP contribution in [0.25, 0.3) is 0 Å². The van der Waals surface area contributed by atoms with E-state index in [1.807, 2.05) is 24.3 Å². The molecule has 1 aliphatic heterocycles. The molecule has 2 aromatic rings. The number of rotatable bonds is 3. The highest BCUT2D eigenvalue weighted by molar-refractivity contribution is 5.79. The van der Waals surface area contributed by atoms with E-state index in [0.717, 1.165) is 23.4 Å². The van der Waals surface area contributed by atoms with Gasteiger partial charge in [-0.25, -0.2) is 0 Å². The first-order valence-corrected chi connectivity index (χ1v) is 7.61. The van der Waals surface area contributed by atoms with Crippen LogP contribution in [0.5, 0.6) is 5.75 Å². The number of fused-ring (bicyclic) bond motifs is 1. The summed E-state index contributed by atoms with van der Waals surface area (Å²) in [5, 5.41) is 2.88. The number of ether oxygens (including phenoxy) is 1. The van der Waals surface area contributed by atoms with Crippen molar-refractivity contribution in [1.29, 1.82) is 0 Å². The summed E-state index contributed by atoms with van der Waals surface area (Å²) in [7, 11) is 0. The number of hydrogen-bond acceptors (Lipinski definition) is 2. The summed E-state index contributed by atoms with van der Waals surface area (Å²) in [4.78, 5) is 12.2. The van der Waals surface area contributed by atoms with Crippen LogP contribution < -0.4 is 10.1 Å². The topological polar surface area (TPSA) is 38.3 Å². The maximum atomic E-state index is 12.7. The molecule has 3 rings (SSSR count). The Kier molecular flexibility index (Phi) is 4.46. The number of benzene rings is 2. The maximum absolute atomic E-state index is 12.7. The van der Waals surface area contributed by atoms with E-state index in [1.54, 1.807) is 0 Å². The van der Waals surface area contributed by atoms with Crippen molar-refractivity contribution in [3.63, 3.8) is 0 Å². The highest BCUT2D eigenvalue weighted by Crippen LogP contribution is 2.32. The van der Waals surface area contributed by atoms with Crippen LogP contribution in [0.15, 0.2) is 48.5 Å². The molecule has 0 aliphatic carbocycles. The molecule has 0 saturated heterocycles. The van der Waals surface area contributed by atoms with Crippen molar-refractivity contribution in [2.75, 3.05) is 6.61 Å². The van der Waals surface area contributed by atoms with Crippen molar-refractivity contribution in [2.24, 2.45) is 0 Å². The molecular weight excluding hydrogens is 319 g/mol. The summed E-state index contributed by atoms with van der Waals surface area (Å²) >= 11 is 0. The molecule has 0 saturated carbocycles. The lowest BCUT2D eigenvalue weighted by atomic mass is 10.00. The van der Waals surface area contributed by atoms with E-state index in [2.05, 4.69) is 5.32 Å². The monoisotopic (exact) mass is 335 g/mol. The Balaban J connectivity index is 1.69. The van der Waals surface area contributed by atoms with Crippen LogP contribution in [0.2, 0.25) is 0 Å². The van der Waals surface area contributed by atoms with Gasteiger partial charge in [0.25, 0.3) is 0 Å². The lowest BCUT2D eigenvalue weighted by molar-refractivity contribution is -0.137. The number of halogens is 3. The van der Waals surface area contributed by atoms with Crippen LogP contribution in [0.4, 0.5) is 13.2 Å². The molecule has 0 spiro atoms. The molecule has 1 heterocycles. The second-order valence-corrected chi connectivity index (χ2v) is 5.67. The Labute approximate surface area is 137 Å². The van der Waals surface area contributed by atoms with Crippen LogP contribution in [-0.2, 0) is 17.4 Å². The van der Waals surface area contributed by atoms with E-state index >= 15 is 0 Å². The molecule has 6 heteroatoms. The lowest BCUT2D eigenvalue weighted by Crippen LogP contribution is -2.33. The molecule has 0 bridgehead atoms. The zero-order chi connectivity index (χ0) is 17.2. The first-order valence-electron chi connectivity index (χ1n) is 7.61. The minimum atomic E-state index is -4.41. The molecule has 0 fully saturated rings. The normalized spacial score (nSPS) is 16.9. The Morgan fingerprint density at radius 3 is 2.75 bits per heavy atom. The van der Waals surface area contributed by atoms with Crippen LogP contribution >= 0.6 is 0 Å². The maximum Gasteiger partial charge on any atom is 0.416 e. The lowest BCUT2D eigenvalue weighted by Gasteiger charge is -2.26. The Morgan fingerprint density at radius 1 is 1.17 bits per heavy atom. The number of carbonyl (C=O) groups is 1. The van der Waals surface area contributed by atoms with Crippen LogP contribution in [0.1, 0.15) is 29.2 Å². The van der Waals surface area contributed by atoms with Gasteiger partial charge in [0.1, 0.15) is 5.75 Å². The molecule has 2 aromatic carbocycles. The fourth-order valence-electron chi connectivity index (χ4n) is 2.78. The third-order valence-corrected chi connectivity index (χ3v) is 3.91. The van der Waals surface area contributed by atoms with Gasteiger partial charge in [-0.15, -0.1) is 0 Å². The summed E-state index contributed by atoms with van der Waals surface area (Å²) in [6.07, 6.45) is -3.87. The minimum Gasteiger partial charge on any atom is -0.493 e. The highest BCUT2D eigenvalue weighted by atomic mass is 19.4. The summed E-state index contributed by atoms with van der Waals surface area (Å²) < 4.78 is 43.7. The Morgan fingerprint density at radius 2 is 1.96 bits per heavy atom. The van der Waals surface area contributed by atoms with E-state index in [1.165, 1.54) is 12.1 Å². The predicted molar refractivity (Wildman–Crippen MR) is 82.6 cm³/mol. The molecule has 24 heavy (non-hydrogen) atoms. The number of nitrogens with one attached hydrogen (secondary N) is 1. The summed E-state index contributed by atoms with van der Waals surface area (Å²) in [6.45, 7) is 0.492. The Hall–Kier alpha value is -2.50. The van der Waals surface area contributed by atoms with Gasteiger partial charge >= 0.3 is 6.18 Å². The van der Waals surface area contributed by atoms with Gasteiger partial charge in [0.2, 0.25) is 5.91 Å². The van der Waals surface area contributed by atoms with Crippen LogP contribution in [-0.4, -0.2) is 12.5 Å². The fourth-order valence-corrected chi connectivity index (χ4v) is 2.78. The number of alkyl halides is 3. The van der Waals surface area contributed by atoms with Gasteiger partial charge in [0.05, 0.1) is 24.6 Å². The van der Waals surface area contributed by atoms with E-state index in [0.29, 0.717) is 18.6 Å². The minimum absolute atomic E-state index is 0.0938. The first kappa shape index (κ1) is 16.4. The van der Waals surface area contributed by atoms with Crippen molar-refractivity contribution < 1.29 is 22.7 Å². The average Bonchev–Trinajstić information content (AvgIpc) is 2.54. The highest BCUT2D eigenvalue weighted by Gasteiger charge is 2.30. The fraction of sp³-hybridized carbons (Fsp3) is 0.278. The van der Waals surface area contributed by atoms with E-state index in [9.17, 15) is 18.0 Å². The number of amides is 1. The molecule has 1 amide bonds. The molecule has 3 nitrogen and oxygen atoms in total. The van der Waals surface area contributed by atoms with Gasteiger partial charge in [-0.2, -0.15) is 13.2 Å². The molecule has 1 N–H and O–H groups in total. The largest absolute Gasteiger partial charge is 0.493 e. The van der Waals surface area contributed by atoms with Crippen molar-refractivity contribution in [1.82, 2.24) is 5.32 Å². The number of para-hydroxylation sites is 1. The molecular formula is C18H16F3NO2. The number of carbonyl (C=O) groups excluding carboxylic acids is 1. The van der Waals surface area contributed by atoms with Crippen molar-refractivity contribution in [3.8, 4) is 5.75 Å². The summed E-state index contributed by atoms with van der Waals surface area (Å²) in [5.74, 6) is 0.421. The third kappa shape index (κ3) is 3.69. The van der Waals surface area contributed by atoms with E-state index in [4.69, 9.17) is 4.74 Å². The molecule has 1 atom stereocenters. The first-order chi connectivity index (χ1) is 11.4. The molecule has 126 valence electrons. The zero-order valence-electron chi connectivity index (χ0n) is 12.8. The SMILES string of the molecule is O=C(Cc1cccc(C(F)(F)F)c1)N[C@@H]1CCOc2ccccc21. The van der Waals surface area contributed by atoms with Gasteiger partial charge in [-0.1, -0.05) is 36.4 Å². The predicted octanol–water partition coefficient (Wildman–Crippen LogP) is 3.89. The average molecular weight is 335 g/mol. The Bertz CT molecular complexity index is 743. The van der Waals surface area contributed by atoms with Crippen LogP contribution in [0, 0.1) is 0 Å². The van der Waals surface area contributed by atoms with Gasteiger partial charge < -0.3 is 10.1 Å². The summed E-state index contributed by atoms with van der Waals surface area (Å²) in [6, 6.07) is 12.1. The summed E-state index contributed by atoms with van der Waals surface area (Å²) in [5.41, 5.74) is 0.480. The molecule has 0 aromatic heterocycles.